The second-order valence-electron chi connectivity index (χ2n) is 5.44. The number of fused-ring (bicyclic) bond motifs is 1. The number of hydrogen-bond donors (Lipinski definition) is 1. The standard InChI is InChI=1S/C20H17FN2O2/c1-3-10-22-20(24)17-12-19(13-4-7-15(25-2)8-5-13)23-18-9-6-14(21)11-16(17)18/h3-9,11-12H,1,10H2,2H3,(H,22,24). The molecule has 1 heterocycles. The Labute approximate surface area is 145 Å². The number of pyridine rings is 1. The molecular formula is C20H17FN2O2. The minimum absolute atomic E-state index is 0.298. The summed E-state index contributed by atoms with van der Waals surface area (Å²) in [5.41, 5.74) is 2.39. The van der Waals surface area contributed by atoms with Crippen molar-refractivity contribution < 1.29 is 13.9 Å². The van der Waals surface area contributed by atoms with Crippen LogP contribution in [0.3, 0.4) is 0 Å². The van der Waals surface area contributed by atoms with Gasteiger partial charge < -0.3 is 10.1 Å². The quantitative estimate of drug-likeness (QED) is 0.718. The first-order valence-electron chi connectivity index (χ1n) is 7.76. The van der Waals surface area contributed by atoms with E-state index in [9.17, 15) is 9.18 Å². The number of hydrogen-bond acceptors (Lipinski definition) is 3. The molecule has 1 amide bonds. The molecule has 2 aromatic carbocycles. The molecule has 4 nitrogen and oxygen atoms in total. The molecule has 0 unspecified atom stereocenters. The number of rotatable bonds is 5. The Morgan fingerprint density at radius 2 is 2.00 bits per heavy atom. The van der Waals surface area contributed by atoms with Crippen LogP contribution in [0.2, 0.25) is 0 Å². The fourth-order valence-electron chi connectivity index (χ4n) is 2.56. The van der Waals surface area contributed by atoms with Crippen molar-refractivity contribution in [1.29, 1.82) is 0 Å². The minimum atomic E-state index is -0.413. The third-order valence-corrected chi connectivity index (χ3v) is 3.81. The van der Waals surface area contributed by atoms with Crippen molar-refractivity contribution in [3.8, 4) is 17.0 Å². The van der Waals surface area contributed by atoms with Crippen LogP contribution in [0.1, 0.15) is 10.4 Å². The van der Waals surface area contributed by atoms with Crippen LogP contribution in [0.15, 0.2) is 61.2 Å². The fraction of sp³-hybridized carbons (Fsp3) is 0.100. The molecule has 25 heavy (non-hydrogen) atoms. The van der Waals surface area contributed by atoms with Crippen molar-refractivity contribution in [2.24, 2.45) is 0 Å². The van der Waals surface area contributed by atoms with Crippen molar-refractivity contribution in [3.05, 3.63) is 72.6 Å². The molecule has 0 fully saturated rings. The van der Waals surface area contributed by atoms with Gasteiger partial charge in [-0.2, -0.15) is 0 Å². The van der Waals surface area contributed by atoms with E-state index >= 15 is 0 Å². The number of carbonyl (C=O) groups is 1. The summed E-state index contributed by atoms with van der Waals surface area (Å²) >= 11 is 0. The Bertz CT molecular complexity index is 936. The van der Waals surface area contributed by atoms with Gasteiger partial charge in [0.15, 0.2) is 0 Å². The van der Waals surface area contributed by atoms with Crippen LogP contribution >= 0.6 is 0 Å². The summed E-state index contributed by atoms with van der Waals surface area (Å²) in [7, 11) is 1.60. The molecule has 0 radical (unpaired) electrons. The molecule has 0 spiro atoms. The predicted molar refractivity (Wildman–Crippen MR) is 96.2 cm³/mol. The molecule has 0 atom stereocenters. The Morgan fingerprint density at radius 3 is 2.68 bits per heavy atom. The van der Waals surface area contributed by atoms with E-state index in [0.29, 0.717) is 28.7 Å². The number of ether oxygens (including phenoxy) is 1. The van der Waals surface area contributed by atoms with E-state index in [4.69, 9.17) is 4.74 Å². The number of nitrogens with zero attached hydrogens (tertiary/aromatic N) is 1. The van der Waals surface area contributed by atoms with Gasteiger partial charge in [-0.25, -0.2) is 9.37 Å². The van der Waals surface area contributed by atoms with Gasteiger partial charge in [-0.1, -0.05) is 6.08 Å². The summed E-state index contributed by atoms with van der Waals surface area (Å²) in [6.45, 7) is 3.91. The highest BCUT2D eigenvalue weighted by molar-refractivity contribution is 6.07. The van der Waals surface area contributed by atoms with Crippen LogP contribution in [-0.4, -0.2) is 24.5 Å². The van der Waals surface area contributed by atoms with Gasteiger partial charge in [-0.15, -0.1) is 6.58 Å². The Hall–Kier alpha value is -3.21. The van der Waals surface area contributed by atoms with E-state index < -0.39 is 5.82 Å². The van der Waals surface area contributed by atoms with Crippen LogP contribution in [0.4, 0.5) is 4.39 Å². The lowest BCUT2D eigenvalue weighted by Gasteiger charge is -2.10. The van der Waals surface area contributed by atoms with E-state index in [1.807, 2.05) is 24.3 Å². The second kappa shape index (κ2) is 7.13. The molecular weight excluding hydrogens is 319 g/mol. The molecule has 3 aromatic rings. The van der Waals surface area contributed by atoms with E-state index in [2.05, 4.69) is 16.9 Å². The highest BCUT2D eigenvalue weighted by Gasteiger charge is 2.14. The van der Waals surface area contributed by atoms with Crippen LogP contribution in [0, 0.1) is 5.82 Å². The second-order valence-corrected chi connectivity index (χ2v) is 5.44. The number of nitrogens with one attached hydrogen (secondary N) is 1. The number of aromatic nitrogens is 1. The predicted octanol–water partition coefficient (Wildman–Crippen LogP) is 3.97. The summed E-state index contributed by atoms with van der Waals surface area (Å²) < 4.78 is 18.8. The summed E-state index contributed by atoms with van der Waals surface area (Å²) in [6, 6.07) is 13.3. The normalized spacial score (nSPS) is 10.5. The van der Waals surface area contributed by atoms with Gasteiger partial charge in [0, 0.05) is 17.5 Å². The number of carbonyl (C=O) groups excluding carboxylic acids is 1. The number of halogens is 1. The van der Waals surface area contributed by atoms with Crippen LogP contribution in [0.25, 0.3) is 22.2 Å². The van der Waals surface area contributed by atoms with Gasteiger partial charge in [0.25, 0.3) is 5.91 Å². The van der Waals surface area contributed by atoms with Gasteiger partial charge in [0.1, 0.15) is 11.6 Å². The van der Waals surface area contributed by atoms with Gasteiger partial charge in [-0.05, 0) is 48.5 Å². The molecule has 0 bridgehead atoms. The van der Waals surface area contributed by atoms with Gasteiger partial charge >= 0.3 is 0 Å². The van der Waals surface area contributed by atoms with E-state index in [1.54, 1.807) is 25.3 Å². The molecule has 0 aliphatic heterocycles. The molecule has 0 aliphatic rings. The number of benzene rings is 2. The zero-order valence-corrected chi connectivity index (χ0v) is 13.8. The molecule has 0 saturated carbocycles. The van der Waals surface area contributed by atoms with Crippen molar-refractivity contribution in [2.45, 2.75) is 0 Å². The van der Waals surface area contributed by atoms with Crippen LogP contribution < -0.4 is 10.1 Å². The summed E-state index contributed by atoms with van der Waals surface area (Å²) in [5.74, 6) is 0.0208. The number of amides is 1. The molecule has 126 valence electrons. The van der Waals surface area contributed by atoms with E-state index in [1.165, 1.54) is 12.1 Å². The van der Waals surface area contributed by atoms with Gasteiger partial charge in [0.2, 0.25) is 0 Å². The topological polar surface area (TPSA) is 51.2 Å². The third-order valence-electron chi connectivity index (χ3n) is 3.81. The Morgan fingerprint density at radius 1 is 1.24 bits per heavy atom. The number of methoxy groups -OCH3 is 1. The molecule has 1 aromatic heterocycles. The van der Waals surface area contributed by atoms with E-state index in [0.717, 1.165) is 11.3 Å². The molecule has 0 saturated heterocycles. The lowest BCUT2D eigenvalue weighted by atomic mass is 10.0. The monoisotopic (exact) mass is 336 g/mol. The maximum Gasteiger partial charge on any atom is 0.252 e. The highest BCUT2D eigenvalue weighted by Crippen LogP contribution is 2.27. The Kier molecular flexibility index (Phi) is 4.75. The minimum Gasteiger partial charge on any atom is -0.497 e. The van der Waals surface area contributed by atoms with Crippen molar-refractivity contribution in [2.75, 3.05) is 13.7 Å². The summed E-state index contributed by atoms with van der Waals surface area (Å²) in [5, 5.41) is 3.20. The van der Waals surface area contributed by atoms with E-state index in [-0.39, 0.29) is 5.91 Å². The Balaban J connectivity index is 2.14. The first kappa shape index (κ1) is 16.6. The lowest BCUT2D eigenvalue weighted by Crippen LogP contribution is -2.23. The maximum atomic E-state index is 13.6. The lowest BCUT2D eigenvalue weighted by molar-refractivity contribution is 0.0959. The average molecular weight is 336 g/mol. The van der Waals surface area contributed by atoms with Crippen LogP contribution in [0.5, 0.6) is 5.75 Å². The SMILES string of the molecule is C=CCNC(=O)c1cc(-c2ccc(OC)cc2)nc2ccc(F)cc12. The molecule has 1 N–H and O–H groups in total. The smallest absolute Gasteiger partial charge is 0.252 e. The van der Waals surface area contributed by atoms with Crippen LogP contribution in [-0.2, 0) is 0 Å². The largest absolute Gasteiger partial charge is 0.497 e. The zero-order chi connectivity index (χ0) is 17.8. The zero-order valence-electron chi connectivity index (χ0n) is 13.8. The third kappa shape index (κ3) is 3.50. The summed E-state index contributed by atoms with van der Waals surface area (Å²) in [6.07, 6.45) is 1.59. The maximum absolute atomic E-state index is 13.6. The highest BCUT2D eigenvalue weighted by atomic mass is 19.1. The van der Waals surface area contributed by atoms with Gasteiger partial charge in [-0.3, -0.25) is 4.79 Å². The van der Waals surface area contributed by atoms with Crippen molar-refractivity contribution >= 4 is 16.8 Å². The van der Waals surface area contributed by atoms with Gasteiger partial charge in [0.05, 0.1) is 23.9 Å². The average Bonchev–Trinajstić information content (AvgIpc) is 2.65. The molecule has 3 rings (SSSR count). The molecule has 0 aliphatic carbocycles. The first-order valence-corrected chi connectivity index (χ1v) is 7.76. The molecule has 5 heteroatoms. The van der Waals surface area contributed by atoms with Crippen molar-refractivity contribution in [3.63, 3.8) is 0 Å². The fourth-order valence-corrected chi connectivity index (χ4v) is 2.56. The first-order chi connectivity index (χ1) is 12.1. The van der Waals surface area contributed by atoms with Crippen molar-refractivity contribution in [1.82, 2.24) is 10.3 Å². The summed E-state index contributed by atoms with van der Waals surface area (Å²) in [4.78, 5) is 17.0.